The molecule has 1 aromatic heterocycles. The summed E-state index contributed by atoms with van der Waals surface area (Å²) in [5.74, 6) is 2.05. The van der Waals surface area contributed by atoms with Gasteiger partial charge in [0, 0.05) is 6.04 Å². The molecule has 0 saturated heterocycles. The summed E-state index contributed by atoms with van der Waals surface area (Å²) in [5.41, 5.74) is 0.875. The second-order valence-electron chi connectivity index (χ2n) is 6.05. The number of anilines is 3. The van der Waals surface area contributed by atoms with Gasteiger partial charge in [0.25, 0.3) is 0 Å². The predicted octanol–water partition coefficient (Wildman–Crippen LogP) is 4.15. The molecule has 1 aromatic carbocycles. The second kappa shape index (κ2) is 8.47. The molecular formula is C18H25N5O. The van der Waals surface area contributed by atoms with Crippen LogP contribution in [-0.4, -0.2) is 27.8 Å². The van der Waals surface area contributed by atoms with E-state index in [1.807, 2.05) is 31.2 Å². The van der Waals surface area contributed by atoms with E-state index in [9.17, 15) is 0 Å². The van der Waals surface area contributed by atoms with Gasteiger partial charge < -0.3 is 15.4 Å². The van der Waals surface area contributed by atoms with Gasteiger partial charge >= 0.3 is 0 Å². The smallest absolute Gasteiger partial charge is 0.244 e. The van der Waals surface area contributed by atoms with Crippen molar-refractivity contribution in [3.8, 4) is 5.75 Å². The minimum atomic E-state index is 0.445. The zero-order valence-electron chi connectivity index (χ0n) is 14.2. The highest BCUT2D eigenvalue weighted by molar-refractivity contribution is 5.63. The van der Waals surface area contributed by atoms with Gasteiger partial charge in [-0.25, -0.2) is 0 Å². The third-order valence-corrected chi connectivity index (χ3v) is 4.20. The quantitative estimate of drug-likeness (QED) is 0.777. The van der Waals surface area contributed by atoms with Crippen molar-refractivity contribution in [1.82, 2.24) is 15.2 Å². The molecule has 0 unspecified atom stereocenters. The Morgan fingerprint density at radius 3 is 2.71 bits per heavy atom. The van der Waals surface area contributed by atoms with E-state index in [1.165, 1.54) is 38.5 Å². The Kier molecular flexibility index (Phi) is 5.82. The Hall–Kier alpha value is -2.37. The number of nitrogens with one attached hydrogen (secondary N) is 2. The van der Waals surface area contributed by atoms with E-state index in [0.29, 0.717) is 24.4 Å². The molecule has 2 aromatic rings. The lowest BCUT2D eigenvalue weighted by Crippen LogP contribution is -2.20. The number of rotatable bonds is 6. The molecule has 0 aliphatic heterocycles. The van der Waals surface area contributed by atoms with Crippen molar-refractivity contribution in [2.24, 2.45) is 0 Å². The molecule has 1 saturated carbocycles. The summed E-state index contributed by atoms with van der Waals surface area (Å²) in [6.07, 6.45) is 9.17. The summed E-state index contributed by atoms with van der Waals surface area (Å²) in [4.78, 5) is 4.54. The highest BCUT2D eigenvalue weighted by Gasteiger charge is 2.13. The molecule has 0 amide bonds. The Morgan fingerprint density at radius 2 is 1.92 bits per heavy atom. The van der Waals surface area contributed by atoms with E-state index in [-0.39, 0.29) is 0 Å². The van der Waals surface area contributed by atoms with Crippen molar-refractivity contribution >= 4 is 17.5 Å². The highest BCUT2D eigenvalue weighted by Crippen LogP contribution is 2.27. The Balaban J connectivity index is 1.69. The molecule has 1 aliphatic rings. The number of aromatic nitrogens is 3. The number of benzene rings is 1. The number of para-hydroxylation sites is 2. The molecule has 1 aliphatic carbocycles. The van der Waals surface area contributed by atoms with Crippen LogP contribution in [0.4, 0.5) is 17.5 Å². The van der Waals surface area contributed by atoms with Crippen LogP contribution < -0.4 is 15.4 Å². The first kappa shape index (κ1) is 16.5. The van der Waals surface area contributed by atoms with Gasteiger partial charge in [-0.05, 0) is 31.9 Å². The zero-order valence-corrected chi connectivity index (χ0v) is 14.2. The van der Waals surface area contributed by atoms with Gasteiger partial charge in [-0.15, -0.1) is 5.10 Å². The molecule has 6 nitrogen and oxygen atoms in total. The van der Waals surface area contributed by atoms with Crippen molar-refractivity contribution in [2.45, 2.75) is 51.5 Å². The van der Waals surface area contributed by atoms with Gasteiger partial charge in [-0.2, -0.15) is 10.1 Å². The van der Waals surface area contributed by atoms with Gasteiger partial charge in [-0.3, -0.25) is 0 Å². The summed E-state index contributed by atoms with van der Waals surface area (Å²) in [6, 6.07) is 8.26. The minimum Gasteiger partial charge on any atom is -0.492 e. The molecule has 0 radical (unpaired) electrons. The SMILES string of the molecule is CCOc1ccccc1Nc1cnnc(NC2CCCCCC2)n1. The fraction of sp³-hybridized carbons (Fsp3) is 0.500. The van der Waals surface area contributed by atoms with Crippen LogP contribution in [-0.2, 0) is 0 Å². The van der Waals surface area contributed by atoms with Crippen LogP contribution in [0.3, 0.4) is 0 Å². The molecule has 1 heterocycles. The molecule has 6 heteroatoms. The van der Waals surface area contributed by atoms with E-state index in [4.69, 9.17) is 4.74 Å². The number of hydrogen-bond acceptors (Lipinski definition) is 6. The largest absolute Gasteiger partial charge is 0.492 e. The van der Waals surface area contributed by atoms with Crippen LogP contribution >= 0.6 is 0 Å². The highest BCUT2D eigenvalue weighted by atomic mass is 16.5. The lowest BCUT2D eigenvalue weighted by Gasteiger charge is -2.16. The predicted molar refractivity (Wildman–Crippen MR) is 95.8 cm³/mol. The van der Waals surface area contributed by atoms with Gasteiger partial charge in [0.05, 0.1) is 18.5 Å². The average molecular weight is 327 g/mol. The Morgan fingerprint density at radius 1 is 1.12 bits per heavy atom. The average Bonchev–Trinajstić information content (AvgIpc) is 2.86. The van der Waals surface area contributed by atoms with Gasteiger partial charge in [0.2, 0.25) is 5.95 Å². The van der Waals surface area contributed by atoms with Crippen LogP contribution in [0.1, 0.15) is 45.4 Å². The van der Waals surface area contributed by atoms with Crippen LogP contribution in [0.5, 0.6) is 5.75 Å². The standard InChI is InChI=1S/C18H25N5O/c1-2-24-16-12-8-7-11-15(16)21-17-13-19-23-18(22-17)20-14-9-5-3-4-6-10-14/h7-8,11-14H,2-6,9-10H2,1H3,(H2,20,21,22,23). The number of hydrogen-bond donors (Lipinski definition) is 2. The lowest BCUT2D eigenvalue weighted by molar-refractivity contribution is 0.342. The van der Waals surface area contributed by atoms with Crippen molar-refractivity contribution in [2.75, 3.05) is 17.2 Å². The first-order valence-corrected chi connectivity index (χ1v) is 8.80. The van der Waals surface area contributed by atoms with E-state index in [2.05, 4.69) is 25.8 Å². The Bertz CT molecular complexity index is 641. The van der Waals surface area contributed by atoms with Crippen molar-refractivity contribution < 1.29 is 4.74 Å². The molecule has 3 rings (SSSR count). The van der Waals surface area contributed by atoms with E-state index in [0.717, 1.165) is 11.4 Å². The number of nitrogens with zero attached hydrogens (tertiary/aromatic N) is 3. The lowest BCUT2D eigenvalue weighted by atomic mass is 10.1. The van der Waals surface area contributed by atoms with Gasteiger partial charge in [0.1, 0.15) is 5.75 Å². The summed E-state index contributed by atoms with van der Waals surface area (Å²) in [5, 5.41) is 14.9. The fourth-order valence-corrected chi connectivity index (χ4v) is 3.02. The molecule has 1 fully saturated rings. The number of ether oxygens (including phenoxy) is 1. The summed E-state index contributed by atoms with van der Waals surface area (Å²) in [7, 11) is 0. The third kappa shape index (κ3) is 4.57. The first-order valence-electron chi connectivity index (χ1n) is 8.80. The van der Waals surface area contributed by atoms with Crippen molar-refractivity contribution in [3.05, 3.63) is 30.5 Å². The maximum absolute atomic E-state index is 5.63. The first-order chi connectivity index (χ1) is 11.8. The third-order valence-electron chi connectivity index (χ3n) is 4.20. The van der Waals surface area contributed by atoms with Crippen molar-refractivity contribution in [3.63, 3.8) is 0 Å². The molecule has 0 bridgehead atoms. The fourth-order valence-electron chi connectivity index (χ4n) is 3.02. The molecule has 0 spiro atoms. The second-order valence-corrected chi connectivity index (χ2v) is 6.05. The van der Waals surface area contributed by atoms with Crippen LogP contribution in [0.25, 0.3) is 0 Å². The molecule has 24 heavy (non-hydrogen) atoms. The maximum Gasteiger partial charge on any atom is 0.244 e. The zero-order chi connectivity index (χ0) is 16.6. The summed E-state index contributed by atoms with van der Waals surface area (Å²) < 4.78 is 5.63. The summed E-state index contributed by atoms with van der Waals surface area (Å²) in [6.45, 7) is 2.59. The minimum absolute atomic E-state index is 0.445. The summed E-state index contributed by atoms with van der Waals surface area (Å²) >= 11 is 0. The molecule has 2 N–H and O–H groups in total. The topological polar surface area (TPSA) is 72.0 Å². The van der Waals surface area contributed by atoms with E-state index < -0.39 is 0 Å². The van der Waals surface area contributed by atoms with E-state index in [1.54, 1.807) is 6.20 Å². The van der Waals surface area contributed by atoms with Crippen molar-refractivity contribution in [1.29, 1.82) is 0 Å². The normalized spacial score (nSPS) is 15.5. The Labute approximate surface area is 143 Å². The van der Waals surface area contributed by atoms with Crippen LogP contribution in [0, 0.1) is 0 Å². The molecule has 0 atom stereocenters. The van der Waals surface area contributed by atoms with Gasteiger partial charge in [-0.1, -0.05) is 37.8 Å². The van der Waals surface area contributed by atoms with Crippen LogP contribution in [0.2, 0.25) is 0 Å². The van der Waals surface area contributed by atoms with Gasteiger partial charge in [0.15, 0.2) is 5.82 Å². The molecular weight excluding hydrogens is 302 g/mol. The van der Waals surface area contributed by atoms with Crippen LogP contribution in [0.15, 0.2) is 30.5 Å². The maximum atomic E-state index is 5.63. The molecule has 128 valence electrons. The monoisotopic (exact) mass is 327 g/mol. The van der Waals surface area contributed by atoms with E-state index >= 15 is 0 Å².